The minimum atomic E-state index is -0.369. The van der Waals surface area contributed by atoms with Gasteiger partial charge in [-0.3, -0.25) is 4.98 Å². The average molecular weight is 318 g/mol. The lowest BCUT2D eigenvalue weighted by molar-refractivity contribution is -0.133. The van der Waals surface area contributed by atoms with Gasteiger partial charge in [-0.05, 0) is 35.4 Å². The monoisotopic (exact) mass is 317 g/mol. The van der Waals surface area contributed by atoms with Crippen molar-refractivity contribution in [1.82, 2.24) is 4.98 Å². The van der Waals surface area contributed by atoms with Crippen molar-refractivity contribution < 1.29 is 9.53 Å². The molecular weight excluding hydrogens is 306 g/mol. The van der Waals surface area contributed by atoms with E-state index in [9.17, 15) is 4.79 Å². The smallest absolute Gasteiger partial charge is 0.338 e. The average Bonchev–Trinajstić information content (AvgIpc) is 2.46. The third kappa shape index (κ3) is 3.51. The van der Waals surface area contributed by atoms with Gasteiger partial charge in [-0.2, -0.15) is 0 Å². The number of hydrogen-bond acceptors (Lipinski definition) is 3. The zero-order valence-electron chi connectivity index (χ0n) is 10.3. The number of carbonyl (C=O) groups excluding carboxylic acids is 1. The fourth-order valence-electron chi connectivity index (χ4n) is 1.63. The van der Waals surface area contributed by atoms with Gasteiger partial charge in [0.1, 0.15) is 0 Å². The van der Waals surface area contributed by atoms with Crippen LogP contribution in [0.15, 0.2) is 53.3 Å². The standard InChI is InChI=1S/C15H12BrNO2/c1-19-15(18)14(9-11-3-2-8-17-10-11)12-4-6-13(16)7-5-12/h2-10H,1H3/b14-9+. The molecule has 3 nitrogen and oxygen atoms in total. The highest BCUT2D eigenvalue weighted by atomic mass is 79.9. The molecule has 4 heteroatoms. The number of aromatic nitrogens is 1. The quantitative estimate of drug-likeness (QED) is 0.642. The first-order valence-electron chi connectivity index (χ1n) is 5.66. The molecule has 2 aromatic rings. The van der Waals surface area contributed by atoms with Crippen molar-refractivity contribution in [2.75, 3.05) is 7.11 Å². The highest BCUT2D eigenvalue weighted by Gasteiger charge is 2.12. The molecule has 96 valence electrons. The molecule has 1 aromatic heterocycles. The first-order valence-corrected chi connectivity index (χ1v) is 6.46. The van der Waals surface area contributed by atoms with Crippen LogP contribution in [0.2, 0.25) is 0 Å². The third-order valence-corrected chi connectivity index (χ3v) is 3.08. The van der Waals surface area contributed by atoms with Crippen LogP contribution in [0, 0.1) is 0 Å². The number of nitrogens with zero attached hydrogens (tertiary/aromatic N) is 1. The van der Waals surface area contributed by atoms with Crippen molar-refractivity contribution in [3.8, 4) is 0 Å². The Morgan fingerprint density at radius 3 is 2.58 bits per heavy atom. The molecule has 0 aliphatic rings. The number of rotatable bonds is 3. The fourth-order valence-corrected chi connectivity index (χ4v) is 1.89. The third-order valence-electron chi connectivity index (χ3n) is 2.56. The largest absolute Gasteiger partial charge is 0.465 e. The molecule has 0 spiro atoms. The first kappa shape index (κ1) is 13.5. The summed E-state index contributed by atoms with van der Waals surface area (Å²) in [5.41, 5.74) is 2.16. The minimum absolute atomic E-state index is 0.369. The summed E-state index contributed by atoms with van der Waals surface area (Å²) in [7, 11) is 1.37. The Bertz CT molecular complexity index is 591. The topological polar surface area (TPSA) is 39.2 Å². The molecule has 1 heterocycles. The summed E-state index contributed by atoms with van der Waals surface area (Å²) in [6, 6.07) is 11.2. The molecule has 0 unspecified atom stereocenters. The normalized spacial score (nSPS) is 11.2. The Morgan fingerprint density at radius 2 is 2.00 bits per heavy atom. The lowest BCUT2D eigenvalue weighted by Gasteiger charge is -2.06. The van der Waals surface area contributed by atoms with Gasteiger partial charge < -0.3 is 4.74 Å². The van der Waals surface area contributed by atoms with Crippen LogP contribution >= 0.6 is 15.9 Å². The van der Waals surface area contributed by atoms with Gasteiger partial charge in [-0.1, -0.05) is 34.1 Å². The van der Waals surface area contributed by atoms with Crippen molar-refractivity contribution >= 4 is 33.5 Å². The zero-order chi connectivity index (χ0) is 13.7. The van der Waals surface area contributed by atoms with Crippen molar-refractivity contribution in [3.05, 3.63) is 64.4 Å². The van der Waals surface area contributed by atoms with Gasteiger partial charge in [0.2, 0.25) is 0 Å². The molecule has 0 saturated heterocycles. The van der Waals surface area contributed by atoms with Gasteiger partial charge >= 0.3 is 5.97 Å². The van der Waals surface area contributed by atoms with Crippen LogP contribution in [-0.2, 0) is 9.53 Å². The summed E-state index contributed by atoms with van der Waals surface area (Å²) in [5.74, 6) is -0.369. The van der Waals surface area contributed by atoms with Gasteiger partial charge in [-0.25, -0.2) is 4.79 Å². The molecule has 19 heavy (non-hydrogen) atoms. The number of hydrogen-bond donors (Lipinski definition) is 0. The molecule has 0 aliphatic carbocycles. The molecule has 0 saturated carbocycles. The Kier molecular flexibility index (Phi) is 4.47. The SMILES string of the molecule is COC(=O)/C(=C/c1cccnc1)c1ccc(Br)cc1. The molecule has 2 rings (SSSR count). The van der Waals surface area contributed by atoms with Crippen molar-refractivity contribution in [2.24, 2.45) is 0 Å². The van der Waals surface area contributed by atoms with E-state index in [2.05, 4.69) is 20.9 Å². The van der Waals surface area contributed by atoms with Gasteiger partial charge in [0, 0.05) is 16.9 Å². The Labute approximate surface area is 120 Å². The van der Waals surface area contributed by atoms with Crippen molar-refractivity contribution in [3.63, 3.8) is 0 Å². The van der Waals surface area contributed by atoms with Gasteiger partial charge in [0.05, 0.1) is 12.7 Å². The number of esters is 1. The summed E-state index contributed by atoms with van der Waals surface area (Å²) in [4.78, 5) is 15.9. The predicted molar refractivity (Wildman–Crippen MR) is 78.3 cm³/mol. The van der Waals surface area contributed by atoms with E-state index < -0.39 is 0 Å². The number of methoxy groups -OCH3 is 1. The number of carbonyl (C=O) groups is 1. The molecule has 0 atom stereocenters. The number of pyridine rings is 1. The van der Waals surface area contributed by atoms with Crippen LogP contribution in [0.4, 0.5) is 0 Å². The van der Waals surface area contributed by atoms with Crippen LogP contribution in [-0.4, -0.2) is 18.1 Å². The second kappa shape index (κ2) is 6.29. The molecule has 0 aliphatic heterocycles. The van der Waals surface area contributed by atoms with Crippen LogP contribution in [0.1, 0.15) is 11.1 Å². The van der Waals surface area contributed by atoms with E-state index in [0.29, 0.717) is 5.57 Å². The van der Waals surface area contributed by atoms with E-state index >= 15 is 0 Å². The lowest BCUT2D eigenvalue weighted by atomic mass is 10.0. The van der Waals surface area contributed by atoms with E-state index in [-0.39, 0.29) is 5.97 Å². The highest BCUT2D eigenvalue weighted by molar-refractivity contribution is 9.10. The molecule has 0 radical (unpaired) electrons. The lowest BCUT2D eigenvalue weighted by Crippen LogP contribution is -2.03. The first-order chi connectivity index (χ1) is 9.20. The Balaban J connectivity index is 2.45. The van der Waals surface area contributed by atoms with E-state index in [1.165, 1.54) is 7.11 Å². The number of ether oxygens (including phenoxy) is 1. The summed E-state index contributed by atoms with van der Waals surface area (Å²) < 4.78 is 5.79. The van der Waals surface area contributed by atoms with Crippen LogP contribution in [0.25, 0.3) is 11.6 Å². The van der Waals surface area contributed by atoms with Gasteiger partial charge in [0.15, 0.2) is 0 Å². The fraction of sp³-hybridized carbons (Fsp3) is 0.0667. The van der Waals surface area contributed by atoms with Crippen LogP contribution < -0.4 is 0 Å². The minimum Gasteiger partial charge on any atom is -0.465 e. The molecule has 0 fully saturated rings. The molecule has 0 amide bonds. The van der Waals surface area contributed by atoms with Gasteiger partial charge in [0.25, 0.3) is 0 Å². The van der Waals surface area contributed by atoms with E-state index in [1.54, 1.807) is 18.5 Å². The van der Waals surface area contributed by atoms with E-state index in [0.717, 1.165) is 15.6 Å². The molecule has 0 bridgehead atoms. The maximum Gasteiger partial charge on any atom is 0.338 e. The summed E-state index contributed by atoms with van der Waals surface area (Å²) in [5, 5.41) is 0. The molecule has 0 N–H and O–H groups in total. The summed E-state index contributed by atoms with van der Waals surface area (Å²) in [6.07, 6.45) is 5.15. The molecular formula is C15H12BrNO2. The molecule has 1 aromatic carbocycles. The summed E-state index contributed by atoms with van der Waals surface area (Å²) >= 11 is 3.37. The van der Waals surface area contributed by atoms with Crippen molar-refractivity contribution in [1.29, 1.82) is 0 Å². The number of benzene rings is 1. The summed E-state index contributed by atoms with van der Waals surface area (Å²) in [6.45, 7) is 0. The Hall–Kier alpha value is -1.94. The van der Waals surface area contributed by atoms with E-state index in [4.69, 9.17) is 4.74 Å². The van der Waals surface area contributed by atoms with Crippen LogP contribution in [0.5, 0.6) is 0 Å². The van der Waals surface area contributed by atoms with Crippen molar-refractivity contribution in [2.45, 2.75) is 0 Å². The van der Waals surface area contributed by atoms with E-state index in [1.807, 2.05) is 36.4 Å². The second-order valence-corrected chi connectivity index (χ2v) is 4.76. The Morgan fingerprint density at radius 1 is 1.26 bits per heavy atom. The van der Waals surface area contributed by atoms with Crippen LogP contribution in [0.3, 0.4) is 0 Å². The number of halogens is 1. The van der Waals surface area contributed by atoms with Gasteiger partial charge in [-0.15, -0.1) is 0 Å². The zero-order valence-corrected chi connectivity index (χ0v) is 11.9. The highest BCUT2D eigenvalue weighted by Crippen LogP contribution is 2.21. The maximum atomic E-state index is 11.9. The predicted octanol–water partition coefficient (Wildman–Crippen LogP) is 3.56. The second-order valence-electron chi connectivity index (χ2n) is 3.84. The maximum absolute atomic E-state index is 11.9.